The SMILES string of the molecule is CCCc1nc(Cl)c(C)c(-c2cccc3ccccc23)n1. The summed E-state index contributed by atoms with van der Waals surface area (Å²) in [5.41, 5.74) is 3.00. The molecule has 0 N–H and O–H groups in total. The van der Waals surface area contributed by atoms with Gasteiger partial charge in [-0.1, -0.05) is 61.0 Å². The molecule has 0 radical (unpaired) electrons. The minimum absolute atomic E-state index is 0.552. The van der Waals surface area contributed by atoms with E-state index in [0.29, 0.717) is 5.15 Å². The van der Waals surface area contributed by atoms with Crippen LogP contribution in [-0.2, 0) is 6.42 Å². The molecule has 0 aliphatic carbocycles. The Bertz CT molecular complexity index is 791. The fraction of sp³-hybridized carbons (Fsp3) is 0.222. The number of hydrogen-bond acceptors (Lipinski definition) is 2. The van der Waals surface area contributed by atoms with Crippen LogP contribution < -0.4 is 0 Å². The molecule has 3 heteroatoms. The maximum atomic E-state index is 6.30. The molecule has 3 aromatic rings. The minimum Gasteiger partial charge on any atom is -0.232 e. The van der Waals surface area contributed by atoms with Gasteiger partial charge in [0.2, 0.25) is 0 Å². The fourth-order valence-electron chi connectivity index (χ4n) is 2.56. The van der Waals surface area contributed by atoms with Gasteiger partial charge in [0.05, 0.1) is 5.69 Å². The van der Waals surface area contributed by atoms with Crippen LogP contribution in [0.15, 0.2) is 42.5 Å². The largest absolute Gasteiger partial charge is 0.232 e. The summed E-state index contributed by atoms with van der Waals surface area (Å²) in [6.07, 6.45) is 1.85. The number of fused-ring (bicyclic) bond motifs is 1. The third-order valence-corrected chi connectivity index (χ3v) is 4.02. The van der Waals surface area contributed by atoms with Gasteiger partial charge in [0, 0.05) is 17.5 Å². The molecular formula is C18H17ClN2. The van der Waals surface area contributed by atoms with Crippen LogP contribution in [0.4, 0.5) is 0 Å². The summed E-state index contributed by atoms with van der Waals surface area (Å²) < 4.78 is 0. The first-order valence-electron chi connectivity index (χ1n) is 7.22. The lowest BCUT2D eigenvalue weighted by Crippen LogP contribution is -2.00. The summed E-state index contributed by atoms with van der Waals surface area (Å²) in [6, 6.07) is 14.6. The van der Waals surface area contributed by atoms with Crippen molar-refractivity contribution in [1.82, 2.24) is 9.97 Å². The molecule has 0 saturated heterocycles. The summed E-state index contributed by atoms with van der Waals surface area (Å²) in [5, 5.41) is 2.96. The third-order valence-electron chi connectivity index (χ3n) is 3.65. The Morgan fingerprint density at radius 2 is 1.76 bits per heavy atom. The second kappa shape index (κ2) is 5.82. The molecule has 0 aliphatic rings. The summed E-state index contributed by atoms with van der Waals surface area (Å²) in [7, 11) is 0. The molecule has 21 heavy (non-hydrogen) atoms. The molecule has 2 nitrogen and oxygen atoms in total. The van der Waals surface area contributed by atoms with E-state index in [0.717, 1.165) is 35.5 Å². The molecule has 0 spiro atoms. The first kappa shape index (κ1) is 14.0. The van der Waals surface area contributed by atoms with Crippen molar-refractivity contribution in [2.45, 2.75) is 26.7 Å². The smallest absolute Gasteiger partial charge is 0.136 e. The van der Waals surface area contributed by atoms with Crippen LogP contribution in [0.1, 0.15) is 24.7 Å². The number of rotatable bonds is 3. The van der Waals surface area contributed by atoms with Crippen LogP contribution in [-0.4, -0.2) is 9.97 Å². The first-order chi connectivity index (χ1) is 10.2. The lowest BCUT2D eigenvalue weighted by Gasteiger charge is -2.11. The molecule has 106 valence electrons. The number of benzene rings is 2. The van der Waals surface area contributed by atoms with E-state index >= 15 is 0 Å². The minimum atomic E-state index is 0.552. The third kappa shape index (κ3) is 2.64. The molecule has 0 fully saturated rings. The van der Waals surface area contributed by atoms with E-state index in [4.69, 9.17) is 16.6 Å². The number of aryl methyl sites for hydroxylation is 1. The molecule has 0 unspecified atom stereocenters. The van der Waals surface area contributed by atoms with Gasteiger partial charge in [0.15, 0.2) is 0 Å². The zero-order valence-electron chi connectivity index (χ0n) is 12.2. The van der Waals surface area contributed by atoms with Crippen LogP contribution in [0.5, 0.6) is 0 Å². The van der Waals surface area contributed by atoms with E-state index in [1.807, 2.05) is 6.92 Å². The highest BCUT2D eigenvalue weighted by atomic mass is 35.5. The Hall–Kier alpha value is -1.93. The van der Waals surface area contributed by atoms with Crippen molar-refractivity contribution >= 4 is 22.4 Å². The maximum absolute atomic E-state index is 6.30. The lowest BCUT2D eigenvalue weighted by atomic mass is 10.00. The van der Waals surface area contributed by atoms with Crippen LogP contribution in [0.25, 0.3) is 22.0 Å². The van der Waals surface area contributed by atoms with E-state index in [1.54, 1.807) is 0 Å². The van der Waals surface area contributed by atoms with Gasteiger partial charge in [-0.15, -0.1) is 0 Å². The molecule has 0 aliphatic heterocycles. The summed E-state index contributed by atoms with van der Waals surface area (Å²) in [6.45, 7) is 4.10. The number of nitrogens with zero attached hydrogens (tertiary/aromatic N) is 2. The van der Waals surface area contributed by atoms with Crippen LogP contribution in [0.2, 0.25) is 5.15 Å². The summed E-state index contributed by atoms with van der Waals surface area (Å²) in [4.78, 5) is 9.13. The van der Waals surface area contributed by atoms with Crippen LogP contribution >= 0.6 is 11.6 Å². The number of aromatic nitrogens is 2. The highest BCUT2D eigenvalue weighted by molar-refractivity contribution is 6.30. The monoisotopic (exact) mass is 296 g/mol. The van der Waals surface area contributed by atoms with Gasteiger partial charge in [-0.3, -0.25) is 0 Å². The van der Waals surface area contributed by atoms with Gasteiger partial charge in [0.1, 0.15) is 11.0 Å². The molecule has 0 bridgehead atoms. The molecular weight excluding hydrogens is 280 g/mol. The quantitative estimate of drug-likeness (QED) is 0.620. The van der Waals surface area contributed by atoms with E-state index in [2.05, 4.69) is 54.4 Å². The Morgan fingerprint density at radius 3 is 2.57 bits per heavy atom. The van der Waals surface area contributed by atoms with Crippen LogP contribution in [0, 0.1) is 6.92 Å². The van der Waals surface area contributed by atoms with Crippen molar-refractivity contribution < 1.29 is 0 Å². The average molecular weight is 297 g/mol. The Balaban J connectivity index is 2.27. The number of hydrogen-bond donors (Lipinski definition) is 0. The highest BCUT2D eigenvalue weighted by Gasteiger charge is 2.13. The number of halogens is 1. The van der Waals surface area contributed by atoms with Crippen molar-refractivity contribution in [3.05, 3.63) is 59.0 Å². The molecule has 0 saturated carbocycles. The second-order valence-corrected chi connectivity index (χ2v) is 5.54. The summed E-state index contributed by atoms with van der Waals surface area (Å²) in [5.74, 6) is 0.816. The van der Waals surface area contributed by atoms with E-state index in [1.165, 1.54) is 10.8 Å². The molecule has 2 aromatic carbocycles. The standard InChI is InChI=1S/C18H17ClN2/c1-3-7-16-20-17(12(2)18(19)21-16)15-11-6-9-13-8-4-5-10-14(13)15/h4-6,8-11H,3,7H2,1-2H3. The van der Waals surface area contributed by atoms with E-state index < -0.39 is 0 Å². The van der Waals surface area contributed by atoms with E-state index in [9.17, 15) is 0 Å². The zero-order valence-corrected chi connectivity index (χ0v) is 13.0. The summed E-state index contributed by atoms with van der Waals surface area (Å²) >= 11 is 6.30. The zero-order chi connectivity index (χ0) is 14.8. The van der Waals surface area contributed by atoms with Crippen molar-refractivity contribution in [3.8, 4) is 11.3 Å². The Morgan fingerprint density at radius 1 is 1.00 bits per heavy atom. The van der Waals surface area contributed by atoms with Gasteiger partial charge in [-0.25, -0.2) is 9.97 Å². The van der Waals surface area contributed by atoms with Gasteiger partial charge in [-0.05, 0) is 24.1 Å². The van der Waals surface area contributed by atoms with Gasteiger partial charge in [-0.2, -0.15) is 0 Å². The molecule has 3 rings (SSSR count). The molecule has 1 heterocycles. The van der Waals surface area contributed by atoms with E-state index in [-0.39, 0.29) is 0 Å². The average Bonchev–Trinajstić information content (AvgIpc) is 2.50. The van der Waals surface area contributed by atoms with Crippen molar-refractivity contribution in [3.63, 3.8) is 0 Å². The molecule has 0 atom stereocenters. The van der Waals surface area contributed by atoms with Crippen molar-refractivity contribution in [2.24, 2.45) is 0 Å². The lowest BCUT2D eigenvalue weighted by molar-refractivity contribution is 0.833. The van der Waals surface area contributed by atoms with Crippen LogP contribution in [0.3, 0.4) is 0 Å². The molecule has 0 amide bonds. The van der Waals surface area contributed by atoms with Crippen molar-refractivity contribution in [1.29, 1.82) is 0 Å². The second-order valence-electron chi connectivity index (χ2n) is 5.18. The highest BCUT2D eigenvalue weighted by Crippen LogP contribution is 2.31. The van der Waals surface area contributed by atoms with Gasteiger partial charge in [0.25, 0.3) is 0 Å². The first-order valence-corrected chi connectivity index (χ1v) is 7.59. The Labute approximate surface area is 129 Å². The maximum Gasteiger partial charge on any atom is 0.136 e. The Kier molecular flexibility index (Phi) is 3.89. The van der Waals surface area contributed by atoms with Crippen molar-refractivity contribution in [2.75, 3.05) is 0 Å². The predicted molar refractivity (Wildman–Crippen MR) is 88.7 cm³/mol. The van der Waals surface area contributed by atoms with Gasteiger partial charge < -0.3 is 0 Å². The normalized spacial score (nSPS) is 11.0. The predicted octanol–water partition coefficient (Wildman–Crippen LogP) is 5.21. The fourth-order valence-corrected chi connectivity index (χ4v) is 2.75. The van der Waals surface area contributed by atoms with Gasteiger partial charge >= 0.3 is 0 Å². The topological polar surface area (TPSA) is 25.8 Å². The molecule has 1 aromatic heterocycles.